The van der Waals surface area contributed by atoms with Gasteiger partial charge in [-0.3, -0.25) is 9.89 Å². The third-order valence-electron chi connectivity index (χ3n) is 7.64. The van der Waals surface area contributed by atoms with Crippen LogP contribution in [0.15, 0.2) is 54.9 Å². The summed E-state index contributed by atoms with van der Waals surface area (Å²) in [5.41, 5.74) is 4.70. The fourth-order valence-corrected chi connectivity index (χ4v) is 5.53. The van der Waals surface area contributed by atoms with Crippen LogP contribution in [-0.2, 0) is 4.74 Å². The lowest BCUT2D eigenvalue weighted by atomic mass is 9.96. The number of amidine groups is 1. The van der Waals surface area contributed by atoms with Gasteiger partial charge in [-0.05, 0) is 49.3 Å². The van der Waals surface area contributed by atoms with Gasteiger partial charge in [0.05, 0.1) is 31.5 Å². The zero-order chi connectivity index (χ0) is 25.6. The van der Waals surface area contributed by atoms with E-state index in [2.05, 4.69) is 49.9 Å². The summed E-state index contributed by atoms with van der Waals surface area (Å²) in [5, 5.41) is 9.76. The first-order valence-corrected chi connectivity index (χ1v) is 13.6. The lowest BCUT2D eigenvalue weighted by Gasteiger charge is -2.27. The Morgan fingerprint density at radius 2 is 1.97 bits per heavy atom. The van der Waals surface area contributed by atoms with E-state index in [-0.39, 0.29) is 0 Å². The third kappa shape index (κ3) is 6.13. The summed E-state index contributed by atoms with van der Waals surface area (Å²) < 4.78 is 20.4. The molecular formula is C28H36FN7O. The van der Waals surface area contributed by atoms with Crippen molar-refractivity contribution in [2.24, 2.45) is 25.9 Å². The molecule has 0 amide bonds. The second-order valence-electron chi connectivity index (χ2n) is 10.1. The van der Waals surface area contributed by atoms with Crippen molar-refractivity contribution in [3.05, 3.63) is 34.9 Å². The van der Waals surface area contributed by atoms with Gasteiger partial charge in [0.1, 0.15) is 11.8 Å². The van der Waals surface area contributed by atoms with Gasteiger partial charge in [0.2, 0.25) is 6.29 Å². The summed E-state index contributed by atoms with van der Waals surface area (Å²) in [5.74, 6) is 0.324. The molecule has 0 saturated carbocycles. The van der Waals surface area contributed by atoms with Crippen LogP contribution in [0.5, 0.6) is 0 Å². The van der Waals surface area contributed by atoms with Gasteiger partial charge < -0.3 is 9.64 Å². The monoisotopic (exact) mass is 505 g/mol. The summed E-state index contributed by atoms with van der Waals surface area (Å²) >= 11 is 0. The smallest absolute Gasteiger partial charge is 0.233 e. The van der Waals surface area contributed by atoms with Gasteiger partial charge >= 0.3 is 0 Å². The van der Waals surface area contributed by atoms with E-state index in [9.17, 15) is 9.65 Å². The quantitative estimate of drug-likeness (QED) is 0.572. The van der Waals surface area contributed by atoms with E-state index in [0.717, 1.165) is 89.6 Å². The molecular weight excluding hydrogens is 469 g/mol. The Morgan fingerprint density at radius 1 is 1.16 bits per heavy atom. The molecule has 0 aromatic carbocycles. The third-order valence-corrected chi connectivity index (χ3v) is 7.64. The molecule has 4 aliphatic heterocycles. The van der Waals surface area contributed by atoms with E-state index in [1.165, 1.54) is 17.4 Å². The molecule has 9 heteroatoms. The highest BCUT2D eigenvalue weighted by molar-refractivity contribution is 6.14. The van der Waals surface area contributed by atoms with Crippen molar-refractivity contribution in [1.82, 2.24) is 9.80 Å². The average Bonchev–Trinajstić information content (AvgIpc) is 3.40. The Balaban J connectivity index is 1.30. The van der Waals surface area contributed by atoms with Crippen LogP contribution in [0.4, 0.5) is 4.39 Å². The van der Waals surface area contributed by atoms with Gasteiger partial charge in [-0.15, -0.1) is 0 Å². The molecule has 8 nitrogen and oxygen atoms in total. The number of morpholine rings is 1. The fraction of sp³-hybridized carbons (Fsp3) is 0.607. The van der Waals surface area contributed by atoms with Crippen LogP contribution < -0.4 is 0 Å². The fourth-order valence-electron chi connectivity index (χ4n) is 5.53. The second-order valence-corrected chi connectivity index (χ2v) is 10.1. The summed E-state index contributed by atoms with van der Waals surface area (Å²) in [7, 11) is 0. The van der Waals surface area contributed by atoms with E-state index in [4.69, 9.17) is 9.73 Å². The number of hydrogen-bond acceptors (Lipinski definition) is 8. The lowest BCUT2D eigenvalue weighted by molar-refractivity contribution is 0.0425. The van der Waals surface area contributed by atoms with E-state index in [1.807, 2.05) is 6.08 Å². The molecule has 0 spiro atoms. The molecule has 196 valence electrons. The van der Waals surface area contributed by atoms with E-state index in [0.29, 0.717) is 17.8 Å². The highest BCUT2D eigenvalue weighted by atomic mass is 19.1. The maximum absolute atomic E-state index is 14.9. The van der Waals surface area contributed by atoms with Crippen LogP contribution in [0.3, 0.4) is 0 Å². The first-order valence-electron chi connectivity index (χ1n) is 13.6. The zero-order valence-corrected chi connectivity index (χ0v) is 21.7. The number of halogens is 1. The van der Waals surface area contributed by atoms with Crippen LogP contribution in [0.2, 0.25) is 0 Å². The molecule has 2 saturated heterocycles. The molecule has 5 rings (SSSR count). The Labute approximate surface area is 218 Å². The molecule has 2 fully saturated rings. The first-order chi connectivity index (χ1) is 18.1. The molecule has 37 heavy (non-hydrogen) atoms. The molecule has 3 atom stereocenters. The summed E-state index contributed by atoms with van der Waals surface area (Å²) in [6, 6.07) is 2.33. The summed E-state index contributed by atoms with van der Waals surface area (Å²) in [4.78, 5) is 22.9. The van der Waals surface area contributed by atoms with Crippen LogP contribution >= 0.6 is 0 Å². The number of aliphatic imine (C=N–C) groups is 4. The normalized spacial score (nSPS) is 30.2. The van der Waals surface area contributed by atoms with E-state index in [1.54, 1.807) is 0 Å². The highest BCUT2D eigenvalue weighted by Crippen LogP contribution is 2.25. The highest BCUT2D eigenvalue weighted by Gasteiger charge is 2.30. The minimum Gasteiger partial charge on any atom is -0.379 e. The van der Waals surface area contributed by atoms with Crippen LogP contribution in [0.1, 0.15) is 39.0 Å². The second kappa shape index (κ2) is 12.1. The van der Waals surface area contributed by atoms with Gasteiger partial charge in [0.25, 0.3) is 0 Å². The maximum atomic E-state index is 14.9. The molecule has 0 radical (unpaired) electrons. The first kappa shape index (κ1) is 25.7. The number of allylic oxidation sites excluding steroid dienone is 2. The van der Waals surface area contributed by atoms with Gasteiger partial charge in [0, 0.05) is 44.7 Å². The minimum atomic E-state index is -1.41. The van der Waals surface area contributed by atoms with Crippen molar-refractivity contribution >= 4 is 23.5 Å². The van der Waals surface area contributed by atoms with Crippen molar-refractivity contribution in [3.8, 4) is 6.07 Å². The van der Waals surface area contributed by atoms with Crippen molar-refractivity contribution in [3.63, 3.8) is 0 Å². The van der Waals surface area contributed by atoms with Crippen molar-refractivity contribution in [2.75, 3.05) is 52.5 Å². The van der Waals surface area contributed by atoms with Gasteiger partial charge in [-0.2, -0.15) is 5.26 Å². The number of nitriles is 1. The van der Waals surface area contributed by atoms with Crippen LogP contribution in [-0.4, -0.2) is 98.2 Å². The SMILES string of the molecule is CCC1=C(CN2CCOCC2)C=CC(=NC2N=CC(F)C(C3=CC(C#N)C(N4CCCC4)=NC3)=N2)CC1. The van der Waals surface area contributed by atoms with Gasteiger partial charge in [0.15, 0.2) is 6.17 Å². The molecule has 0 N–H and O–H groups in total. The number of hydrogen-bond donors (Lipinski definition) is 0. The molecule has 1 aliphatic carbocycles. The van der Waals surface area contributed by atoms with Gasteiger partial charge in [-0.1, -0.05) is 24.6 Å². The molecule has 0 aromatic rings. The van der Waals surface area contributed by atoms with Crippen molar-refractivity contribution in [1.29, 1.82) is 5.26 Å². The molecule has 0 aromatic heterocycles. The summed E-state index contributed by atoms with van der Waals surface area (Å²) in [6.07, 6.45) is 10.3. The predicted molar refractivity (Wildman–Crippen MR) is 145 cm³/mol. The maximum Gasteiger partial charge on any atom is 0.233 e. The number of alkyl halides is 1. The largest absolute Gasteiger partial charge is 0.379 e. The number of likely N-dealkylation sites (tertiary alicyclic amines) is 1. The van der Waals surface area contributed by atoms with Crippen molar-refractivity contribution < 1.29 is 9.13 Å². The van der Waals surface area contributed by atoms with Gasteiger partial charge in [-0.25, -0.2) is 19.4 Å². The molecule has 4 heterocycles. The molecule has 5 aliphatic rings. The molecule has 0 bridgehead atoms. The predicted octanol–water partition coefficient (Wildman–Crippen LogP) is 3.54. The van der Waals surface area contributed by atoms with Crippen LogP contribution in [0, 0.1) is 17.2 Å². The average molecular weight is 506 g/mol. The number of ether oxygens (including phenoxy) is 1. The topological polar surface area (TPSA) is 88.9 Å². The number of dihydropyridines is 1. The zero-order valence-electron chi connectivity index (χ0n) is 21.7. The van der Waals surface area contributed by atoms with E-state index >= 15 is 0 Å². The Kier molecular flexibility index (Phi) is 8.37. The Hall–Kier alpha value is -2.96. The Morgan fingerprint density at radius 3 is 2.73 bits per heavy atom. The van der Waals surface area contributed by atoms with E-state index < -0.39 is 18.4 Å². The Bertz CT molecular complexity index is 1110. The lowest BCUT2D eigenvalue weighted by Crippen LogP contribution is -2.37. The van der Waals surface area contributed by atoms with Crippen molar-refractivity contribution in [2.45, 2.75) is 51.5 Å². The summed E-state index contributed by atoms with van der Waals surface area (Å²) in [6.45, 7) is 8.81. The van der Waals surface area contributed by atoms with Crippen LogP contribution in [0.25, 0.3) is 0 Å². The minimum absolute atomic E-state index is 0.298. The number of rotatable bonds is 5. The molecule has 3 unspecified atom stereocenters. The number of nitrogens with zero attached hydrogens (tertiary/aromatic N) is 7. The standard InChI is InChI=1S/C28H36FN7O/c1-2-20-5-7-24(8-6-21(20)19-35-11-13-37-14-12-35)33-28-32-18-25(29)26(34-28)23-15-22(16-30)27(31-17-23)36-9-3-4-10-36/h6,8,15,18,22,25,28H,2-5,7,9-14,17,19H2,1H3.